The highest BCUT2D eigenvalue weighted by Gasteiger charge is 2.58. The van der Waals surface area contributed by atoms with Crippen LogP contribution >= 0.6 is 0 Å². The number of hydrogen-bond donors (Lipinski definition) is 2. The normalized spacial score (nSPS) is 29.2. The lowest BCUT2D eigenvalue weighted by Gasteiger charge is -2.55. The summed E-state index contributed by atoms with van der Waals surface area (Å²) >= 11 is 0. The summed E-state index contributed by atoms with van der Waals surface area (Å²) in [5.41, 5.74) is 2.23. The predicted molar refractivity (Wildman–Crippen MR) is 146 cm³/mol. The van der Waals surface area contributed by atoms with Crippen LogP contribution < -0.4 is 10.0 Å². The van der Waals surface area contributed by atoms with E-state index >= 15 is 0 Å². The Kier molecular flexibility index (Phi) is 6.10. The van der Waals surface area contributed by atoms with Crippen molar-refractivity contribution < 1.29 is 26.4 Å². The lowest BCUT2D eigenvalue weighted by Crippen LogP contribution is -2.66. The number of rotatable bonds is 5. The topological polar surface area (TPSA) is 142 Å². The third kappa shape index (κ3) is 4.53. The molecule has 7 rings (SSSR count). The van der Waals surface area contributed by atoms with Gasteiger partial charge in [-0.2, -0.15) is 8.42 Å². The number of aryl methyl sites for hydroxylation is 1. The Hall–Kier alpha value is -3.25. The fraction of sp³-hybridized carbons (Fsp3) is 0.444. The second-order valence-corrected chi connectivity index (χ2v) is 14.4. The van der Waals surface area contributed by atoms with Gasteiger partial charge in [0.05, 0.1) is 11.9 Å². The van der Waals surface area contributed by atoms with Crippen molar-refractivity contribution in [2.45, 2.75) is 50.1 Å². The molecule has 2 heterocycles. The fourth-order valence-corrected chi connectivity index (χ4v) is 8.62. The van der Waals surface area contributed by atoms with Gasteiger partial charge in [0.2, 0.25) is 15.9 Å². The van der Waals surface area contributed by atoms with Gasteiger partial charge in [0.15, 0.2) is 11.7 Å². The number of likely N-dealkylation sites (tertiary alicyclic amines) is 1. The zero-order valence-electron chi connectivity index (χ0n) is 21.6. The van der Waals surface area contributed by atoms with E-state index in [-0.39, 0.29) is 51.7 Å². The summed E-state index contributed by atoms with van der Waals surface area (Å²) in [6, 6.07) is 11.6. The molecule has 0 aromatic heterocycles. The molecular weight excluding hydrogens is 540 g/mol. The number of carbonyl (C=O) groups is 2. The zero-order chi connectivity index (χ0) is 27.7. The van der Waals surface area contributed by atoms with Crippen LogP contribution in [0.15, 0.2) is 51.8 Å². The number of fused-ring (bicyclic) bond motifs is 3. The molecular formula is C27H30N4O6S2. The summed E-state index contributed by atoms with van der Waals surface area (Å²) in [6.07, 6.45) is 4.77. The van der Waals surface area contributed by atoms with Gasteiger partial charge in [-0.15, -0.1) is 4.40 Å². The van der Waals surface area contributed by atoms with Crippen molar-refractivity contribution in [1.82, 2.24) is 4.90 Å². The van der Waals surface area contributed by atoms with Crippen molar-refractivity contribution in [3.8, 4) is 0 Å². The van der Waals surface area contributed by atoms with E-state index < -0.39 is 31.9 Å². The maximum absolute atomic E-state index is 14.1. The van der Waals surface area contributed by atoms with Crippen LogP contribution in [0.2, 0.25) is 0 Å². The number of amides is 1. The van der Waals surface area contributed by atoms with Crippen LogP contribution in [-0.2, 0) is 36.2 Å². The number of nitrogens with zero attached hydrogens (tertiary/aromatic N) is 2. The van der Waals surface area contributed by atoms with Crippen LogP contribution in [0.4, 0.5) is 11.4 Å². The molecule has 0 radical (unpaired) electrons. The number of nitrogens with one attached hydrogen (secondary N) is 2. The number of Topliss-reactive ketones (excluding diaryl/α,β-unsaturated/α-hetero) is 1. The van der Waals surface area contributed by atoms with E-state index in [1.807, 2.05) is 31.2 Å². The summed E-state index contributed by atoms with van der Waals surface area (Å²) in [7, 11) is -7.95. The molecule has 3 saturated carbocycles. The van der Waals surface area contributed by atoms with E-state index in [0.29, 0.717) is 6.54 Å². The molecule has 2 aromatic carbocycles. The molecule has 10 nitrogen and oxygen atoms in total. The molecule has 4 fully saturated rings. The number of hydrogen-bond acceptors (Lipinski definition) is 7. The molecule has 39 heavy (non-hydrogen) atoms. The Morgan fingerprint density at radius 2 is 1.74 bits per heavy atom. The predicted octanol–water partition coefficient (Wildman–Crippen LogP) is 2.91. The number of carbonyl (C=O) groups excluding carboxylic acids is 2. The van der Waals surface area contributed by atoms with Gasteiger partial charge in [-0.05, 0) is 73.8 Å². The zero-order valence-corrected chi connectivity index (χ0v) is 23.3. The molecule has 2 aromatic rings. The van der Waals surface area contributed by atoms with Gasteiger partial charge in [-0.25, -0.2) is 8.42 Å². The minimum atomic E-state index is -4.32. The third-order valence-corrected chi connectivity index (χ3v) is 10.5. The Balaban J connectivity index is 1.40. The maximum Gasteiger partial charge on any atom is 0.286 e. The van der Waals surface area contributed by atoms with Crippen LogP contribution in [-0.4, -0.2) is 51.6 Å². The molecule has 3 aliphatic carbocycles. The van der Waals surface area contributed by atoms with E-state index in [0.717, 1.165) is 43.1 Å². The summed E-state index contributed by atoms with van der Waals surface area (Å²) in [4.78, 5) is 29.7. The highest BCUT2D eigenvalue weighted by atomic mass is 32.2. The van der Waals surface area contributed by atoms with Crippen LogP contribution in [0.3, 0.4) is 0 Å². The second-order valence-electron chi connectivity index (χ2n) is 11.1. The van der Waals surface area contributed by atoms with Crippen molar-refractivity contribution in [3.63, 3.8) is 0 Å². The van der Waals surface area contributed by atoms with Crippen molar-refractivity contribution >= 4 is 48.9 Å². The average Bonchev–Trinajstić information content (AvgIpc) is 2.87. The first kappa shape index (κ1) is 26.0. The monoisotopic (exact) mass is 570 g/mol. The average molecular weight is 571 g/mol. The van der Waals surface area contributed by atoms with Crippen molar-refractivity contribution in [2.24, 2.45) is 28.1 Å². The minimum absolute atomic E-state index is 0.0653. The van der Waals surface area contributed by atoms with Crippen molar-refractivity contribution in [1.29, 1.82) is 0 Å². The smallest absolute Gasteiger partial charge is 0.286 e. The lowest BCUT2D eigenvalue weighted by molar-refractivity contribution is -0.162. The summed E-state index contributed by atoms with van der Waals surface area (Å²) in [6.45, 7) is 2.33. The van der Waals surface area contributed by atoms with Gasteiger partial charge in [0, 0.05) is 24.2 Å². The van der Waals surface area contributed by atoms with Crippen molar-refractivity contribution in [3.05, 3.63) is 53.6 Å². The molecule has 2 aliphatic heterocycles. The first-order valence-corrected chi connectivity index (χ1v) is 16.4. The maximum atomic E-state index is 14.1. The first-order chi connectivity index (χ1) is 18.4. The summed E-state index contributed by atoms with van der Waals surface area (Å²) in [5, 5.41) is 2.93. The fourth-order valence-electron chi connectivity index (χ4n) is 6.88. The first-order valence-electron chi connectivity index (χ1n) is 13.1. The molecule has 5 aliphatic rings. The molecule has 2 bridgehead atoms. The van der Waals surface area contributed by atoms with E-state index in [9.17, 15) is 26.4 Å². The Labute approximate surface area is 228 Å². The van der Waals surface area contributed by atoms with Crippen molar-refractivity contribution in [2.75, 3.05) is 16.3 Å². The lowest BCUT2D eigenvalue weighted by atomic mass is 9.57. The van der Waals surface area contributed by atoms with Crippen LogP contribution in [0.5, 0.6) is 0 Å². The summed E-state index contributed by atoms with van der Waals surface area (Å²) in [5.74, 6) is -2.22. The number of amidine groups is 1. The number of benzene rings is 2. The molecule has 206 valence electrons. The van der Waals surface area contributed by atoms with Gasteiger partial charge in [0.25, 0.3) is 10.0 Å². The second kappa shape index (κ2) is 9.16. The van der Waals surface area contributed by atoms with Crippen LogP contribution in [0, 0.1) is 30.6 Å². The number of anilines is 2. The van der Waals surface area contributed by atoms with Gasteiger partial charge in [-0.3, -0.25) is 14.3 Å². The highest BCUT2D eigenvalue weighted by molar-refractivity contribution is 7.92. The molecule has 2 N–H and O–H groups in total. The quantitative estimate of drug-likeness (QED) is 0.527. The molecule has 12 heteroatoms. The van der Waals surface area contributed by atoms with Gasteiger partial charge >= 0.3 is 0 Å². The van der Waals surface area contributed by atoms with Gasteiger partial charge < -0.3 is 10.2 Å². The van der Waals surface area contributed by atoms with E-state index in [4.69, 9.17) is 0 Å². The minimum Gasteiger partial charge on any atom is -0.341 e. The SMILES string of the molecule is Cc1ccccc1CN1C(=O)C(C2=NS(=O)(=O)c3cc(NS(C)(=O)=O)ccc3N2)C(=O)[C@@H]2C3CCC(CC3)[C@@H]21. The van der Waals surface area contributed by atoms with E-state index in [1.54, 1.807) is 4.90 Å². The van der Waals surface area contributed by atoms with E-state index in [2.05, 4.69) is 14.4 Å². The Morgan fingerprint density at radius 1 is 1.05 bits per heavy atom. The van der Waals surface area contributed by atoms with Crippen LogP contribution in [0.25, 0.3) is 0 Å². The van der Waals surface area contributed by atoms with Crippen LogP contribution in [0.1, 0.15) is 36.8 Å². The Bertz CT molecular complexity index is 1630. The molecule has 1 unspecified atom stereocenters. The molecule has 1 amide bonds. The number of ketones is 1. The number of piperidine rings is 1. The standard InChI is InChI=1S/C27H30N4O6S2/c1-15-5-3-4-6-18(15)14-31-24-17-9-7-16(8-10-17)22(24)25(32)23(27(31)33)26-28-20-12-11-19(29-38(2,34)35)13-21(20)39(36,37)30-26/h3-6,11-13,16-17,22-24,29H,7-10,14H2,1-2H3,(H,28,30)/t16?,17?,22-,23?,24+/m1/s1. The Morgan fingerprint density at radius 3 is 2.44 bits per heavy atom. The molecule has 1 saturated heterocycles. The van der Waals surface area contributed by atoms with Gasteiger partial charge in [0.1, 0.15) is 10.7 Å². The largest absolute Gasteiger partial charge is 0.341 e. The molecule has 3 atom stereocenters. The van der Waals surface area contributed by atoms with E-state index in [1.165, 1.54) is 18.2 Å². The molecule has 0 spiro atoms. The number of sulfonamides is 2. The third-order valence-electron chi connectivity index (χ3n) is 8.60. The van der Waals surface area contributed by atoms with Gasteiger partial charge in [-0.1, -0.05) is 24.3 Å². The summed E-state index contributed by atoms with van der Waals surface area (Å²) < 4.78 is 55.9. The highest BCUT2D eigenvalue weighted by Crippen LogP contribution is 2.51.